The molecule has 0 amide bonds. The number of aryl methyl sites for hydroxylation is 1. The molecular formula is C25H35N3O2. The monoisotopic (exact) mass is 409 g/mol. The summed E-state index contributed by atoms with van der Waals surface area (Å²) in [6.45, 7) is 9.08. The van der Waals surface area contributed by atoms with Gasteiger partial charge in [-0.05, 0) is 81.4 Å². The molecule has 0 bridgehead atoms. The first-order chi connectivity index (χ1) is 14.8. The van der Waals surface area contributed by atoms with Crippen LogP contribution < -0.4 is 10.1 Å². The Hall–Kier alpha value is -2.11. The summed E-state index contributed by atoms with van der Waals surface area (Å²) < 4.78 is 11.7. The predicted molar refractivity (Wildman–Crippen MR) is 121 cm³/mol. The molecule has 0 aliphatic carbocycles. The van der Waals surface area contributed by atoms with Crippen molar-refractivity contribution in [2.75, 3.05) is 51.3 Å². The molecule has 3 heterocycles. The molecule has 1 aromatic carbocycles. The van der Waals surface area contributed by atoms with Crippen LogP contribution in [0.1, 0.15) is 43.2 Å². The fraction of sp³-hybridized carbons (Fsp3) is 0.560. The minimum atomic E-state index is 0.0782. The van der Waals surface area contributed by atoms with E-state index in [2.05, 4.69) is 52.5 Å². The summed E-state index contributed by atoms with van der Waals surface area (Å²) in [5.41, 5.74) is 3.78. The zero-order chi connectivity index (χ0) is 20.7. The normalized spacial score (nSPS) is 19.0. The van der Waals surface area contributed by atoms with E-state index in [1.54, 1.807) is 0 Å². The Morgan fingerprint density at radius 1 is 1.10 bits per heavy atom. The lowest BCUT2D eigenvalue weighted by atomic mass is 9.74. The van der Waals surface area contributed by atoms with Gasteiger partial charge >= 0.3 is 0 Å². The van der Waals surface area contributed by atoms with Crippen molar-refractivity contribution in [3.05, 3.63) is 53.9 Å². The molecule has 0 spiro atoms. The molecule has 5 heteroatoms. The van der Waals surface area contributed by atoms with Crippen molar-refractivity contribution < 1.29 is 9.47 Å². The van der Waals surface area contributed by atoms with Crippen molar-refractivity contribution >= 4 is 5.69 Å². The van der Waals surface area contributed by atoms with Crippen LogP contribution >= 0.6 is 0 Å². The summed E-state index contributed by atoms with van der Waals surface area (Å²) in [5, 5.41) is 3.65. The lowest BCUT2D eigenvalue weighted by Gasteiger charge is -2.38. The molecule has 1 N–H and O–H groups in total. The Balaban J connectivity index is 1.35. The van der Waals surface area contributed by atoms with Gasteiger partial charge in [0.1, 0.15) is 5.75 Å². The molecule has 2 fully saturated rings. The molecule has 5 nitrogen and oxygen atoms in total. The number of aromatic nitrogens is 1. The Morgan fingerprint density at radius 2 is 1.87 bits per heavy atom. The highest BCUT2D eigenvalue weighted by Gasteiger charge is 2.34. The van der Waals surface area contributed by atoms with Crippen LogP contribution in [0, 0.1) is 6.92 Å². The van der Waals surface area contributed by atoms with E-state index in [9.17, 15) is 0 Å². The molecule has 2 saturated heterocycles. The molecule has 4 rings (SSSR count). The fourth-order valence-electron chi connectivity index (χ4n) is 4.63. The average molecular weight is 410 g/mol. The summed E-state index contributed by atoms with van der Waals surface area (Å²) in [6.07, 6.45) is 9.60. The Kier molecular flexibility index (Phi) is 7.24. The van der Waals surface area contributed by atoms with Gasteiger partial charge < -0.3 is 19.7 Å². The van der Waals surface area contributed by atoms with Crippen LogP contribution in [0.25, 0.3) is 0 Å². The summed E-state index contributed by atoms with van der Waals surface area (Å²) in [5.74, 6) is 0.971. The molecule has 0 saturated carbocycles. The van der Waals surface area contributed by atoms with Crippen molar-refractivity contribution in [3.8, 4) is 5.75 Å². The van der Waals surface area contributed by atoms with Gasteiger partial charge in [-0.1, -0.05) is 12.1 Å². The summed E-state index contributed by atoms with van der Waals surface area (Å²) >= 11 is 0. The summed E-state index contributed by atoms with van der Waals surface area (Å²) in [4.78, 5) is 6.81. The van der Waals surface area contributed by atoms with Crippen molar-refractivity contribution in [1.29, 1.82) is 0 Å². The van der Waals surface area contributed by atoms with Crippen LogP contribution in [-0.4, -0.2) is 55.9 Å². The van der Waals surface area contributed by atoms with Crippen molar-refractivity contribution in [3.63, 3.8) is 0 Å². The van der Waals surface area contributed by atoms with E-state index in [-0.39, 0.29) is 5.41 Å². The third kappa shape index (κ3) is 5.32. The topological polar surface area (TPSA) is 46.6 Å². The van der Waals surface area contributed by atoms with Crippen LogP contribution in [0.15, 0.2) is 42.7 Å². The Morgan fingerprint density at radius 3 is 2.60 bits per heavy atom. The molecule has 1 aromatic heterocycles. The van der Waals surface area contributed by atoms with E-state index in [4.69, 9.17) is 9.47 Å². The summed E-state index contributed by atoms with van der Waals surface area (Å²) in [7, 11) is 0. The highest BCUT2D eigenvalue weighted by molar-refractivity contribution is 5.49. The zero-order valence-corrected chi connectivity index (χ0v) is 18.2. The molecule has 0 unspecified atom stereocenters. The van der Waals surface area contributed by atoms with Gasteiger partial charge in [-0.2, -0.15) is 0 Å². The number of nitrogens with one attached hydrogen (secondary N) is 1. The van der Waals surface area contributed by atoms with Crippen molar-refractivity contribution in [2.45, 2.75) is 44.4 Å². The highest BCUT2D eigenvalue weighted by Crippen LogP contribution is 2.36. The van der Waals surface area contributed by atoms with Gasteiger partial charge in [0.2, 0.25) is 0 Å². The van der Waals surface area contributed by atoms with Crippen LogP contribution in [-0.2, 0) is 10.2 Å². The minimum absolute atomic E-state index is 0.0782. The first kappa shape index (κ1) is 21.1. The average Bonchev–Trinajstić information content (AvgIpc) is 3.31. The molecule has 2 aromatic rings. The van der Waals surface area contributed by atoms with Gasteiger partial charge in [-0.3, -0.25) is 4.98 Å². The van der Waals surface area contributed by atoms with Crippen LogP contribution in [0.4, 0.5) is 5.69 Å². The van der Waals surface area contributed by atoms with Crippen molar-refractivity contribution in [1.82, 2.24) is 9.88 Å². The van der Waals surface area contributed by atoms with Crippen LogP contribution in [0.3, 0.4) is 0 Å². The fourth-order valence-corrected chi connectivity index (χ4v) is 4.63. The van der Waals surface area contributed by atoms with Crippen LogP contribution in [0.2, 0.25) is 0 Å². The minimum Gasteiger partial charge on any atom is -0.494 e. The number of hydrogen-bond acceptors (Lipinski definition) is 5. The van der Waals surface area contributed by atoms with Crippen molar-refractivity contribution in [2.24, 2.45) is 0 Å². The second-order valence-corrected chi connectivity index (χ2v) is 8.71. The zero-order valence-electron chi connectivity index (χ0n) is 18.2. The predicted octanol–water partition coefficient (Wildman–Crippen LogP) is 4.42. The highest BCUT2D eigenvalue weighted by atomic mass is 16.5. The molecule has 162 valence electrons. The Labute approximate surface area is 180 Å². The lowest BCUT2D eigenvalue weighted by Crippen LogP contribution is -2.40. The number of nitrogens with zero attached hydrogens (tertiary/aromatic N) is 2. The van der Waals surface area contributed by atoms with E-state index in [0.29, 0.717) is 0 Å². The SMILES string of the molecule is Cc1ccncc1NCC1(c2ccc(OCCCN3CCCC3)cc2)CCOCC1. The van der Waals surface area contributed by atoms with E-state index >= 15 is 0 Å². The lowest BCUT2D eigenvalue weighted by molar-refractivity contribution is 0.0543. The van der Waals surface area contributed by atoms with E-state index in [1.807, 2.05) is 12.4 Å². The first-order valence-corrected chi connectivity index (χ1v) is 11.4. The third-order valence-electron chi connectivity index (χ3n) is 6.66. The Bertz CT molecular complexity index is 781. The molecular weight excluding hydrogens is 374 g/mol. The standard InChI is InChI=1S/C25H35N3O2/c1-21-9-12-26-19-24(21)27-20-25(10-17-29-18-11-25)22-5-7-23(8-6-22)30-16-4-15-28-13-2-3-14-28/h5-9,12,19,27H,2-4,10-11,13-18,20H2,1H3. The van der Waals surface area contributed by atoms with Gasteiger partial charge in [0, 0.05) is 37.9 Å². The van der Waals surface area contributed by atoms with E-state index in [1.165, 1.54) is 37.1 Å². The summed E-state index contributed by atoms with van der Waals surface area (Å²) in [6, 6.07) is 10.8. The maximum absolute atomic E-state index is 6.01. The maximum atomic E-state index is 6.01. The number of rotatable bonds is 9. The number of pyridine rings is 1. The van der Waals surface area contributed by atoms with Gasteiger partial charge in [0.25, 0.3) is 0 Å². The molecule has 2 aliphatic rings. The second kappa shape index (κ2) is 10.3. The first-order valence-electron chi connectivity index (χ1n) is 11.4. The molecule has 0 atom stereocenters. The van der Waals surface area contributed by atoms with Gasteiger partial charge in [-0.15, -0.1) is 0 Å². The van der Waals surface area contributed by atoms with Crippen LogP contribution in [0.5, 0.6) is 5.75 Å². The van der Waals surface area contributed by atoms with Gasteiger partial charge in [0.15, 0.2) is 0 Å². The number of hydrogen-bond donors (Lipinski definition) is 1. The molecule has 2 aliphatic heterocycles. The number of likely N-dealkylation sites (tertiary alicyclic amines) is 1. The molecule has 0 radical (unpaired) electrons. The van der Waals surface area contributed by atoms with Gasteiger partial charge in [0.05, 0.1) is 18.5 Å². The van der Waals surface area contributed by atoms with E-state index < -0.39 is 0 Å². The maximum Gasteiger partial charge on any atom is 0.119 e. The third-order valence-corrected chi connectivity index (χ3v) is 6.66. The number of benzene rings is 1. The second-order valence-electron chi connectivity index (χ2n) is 8.71. The largest absolute Gasteiger partial charge is 0.494 e. The van der Waals surface area contributed by atoms with Gasteiger partial charge in [-0.25, -0.2) is 0 Å². The molecule has 30 heavy (non-hydrogen) atoms. The number of anilines is 1. The number of ether oxygens (including phenoxy) is 2. The smallest absolute Gasteiger partial charge is 0.119 e. The quantitative estimate of drug-likeness (QED) is 0.622. The van der Waals surface area contributed by atoms with E-state index in [0.717, 1.165) is 63.6 Å².